The molecule has 0 aliphatic heterocycles. The van der Waals surface area contributed by atoms with Crippen molar-refractivity contribution in [1.82, 2.24) is 0 Å². The number of hydrogen-bond acceptors (Lipinski definition) is 8. The lowest BCUT2D eigenvalue weighted by Crippen LogP contribution is -2.21. The highest BCUT2D eigenvalue weighted by molar-refractivity contribution is 5.78. The minimum Gasteiger partial charge on any atom is -0.452 e. The summed E-state index contributed by atoms with van der Waals surface area (Å²) in [5.74, 6) is -1.51. The van der Waals surface area contributed by atoms with Crippen molar-refractivity contribution in [3.05, 3.63) is 34.4 Å². The molecule has 0 heterocycles. The summed E-state index contributed by atoms with van der Waals surface area (Å²) in [6.07, 6.45) is 0. The molecule has 9 heteroatoms. The molecule has 0 aliphatic rings. The number of benzene rings is 1. The highest BCUT2D eigenvalue weighted by Crippen LogP contribution is 2.17. The van der Waals surface area contributed by atoms with Crippen LogP contribution in [-0.2, 0) is 19.1 Å². The van der Waals surface area contributed by atoms with Crippen LogP contribution in [0.3, 0.4) is 0 Å². The average molecular weight is 299 g/mol. The summed E-state index contributed by atoms with van der Waals surface area (Å²) in [6.45, 7) is -1.23. The van der Waals surface area contributed by atoms with Crippen LogP contribution < -0.4 is 4.74 Å². The van der Waals surface area contributed by atoms with Crippen LogP contribution in [-0.4, -0.2) is 48.4 Å². The Bertz CT molecular complexity index is 498. The van der Waals surface area contributed by atoms with Crippen molar-refractivity contribution in [1.29, 1.82) is 0 Å². The summed E-state index contributed by atoms with van der Waals surface area (Å²) in [6, 6.07) is 4.86. The third kappa shape index (κ3) is 6.45. The van der Waals surface area contributed by atoms with Crippen molar-refractivity contribution in [2.24, 2.45) is 0 Å². The molecule has 0 fully saturated rings. The second-order valence-corrected chi connectivity index (χ2v) is 3.66. The molecule has 1 aromatic carbocycles. The lowest BCUT2D eigenvalue weighted by Gasteiger charge is -2.06. The molecule has 1 aromatic rings. The first kappa shape index (κ1) is 16.5. The fourth-order valence-corrected chi connectivity index (χ4v) is 1.20. The van der Waals surface area contributed by atoms with Gasteiger partial charge >= 0.3 is 11.9 Å². The zero-order valence-corrected chi connectivity index (χ0v) is 10.9. The van der Waals surface area contributed by atoms with Crippen molar-refractivity contribution in [3.63, 3.8) is 0 Å². The molecule has 21 heavy (non-hydrogen) atoms. The summed E-state index contributed by atoms with van der Waals surface area (Å²) >= 11 is 0. The van der Waals surface area contributed by atoms with Gasteiger partial charge in [-0.2, -0.15) is 0 Å². The fraction of sp³-hybridized carbons (Fsp3) is 0.333. The van der Waals surface area contributed by atoms with Crippen molar-refractivity contribution in [2.75, 3.05) is 26.4 Å². The molecule has 9 nitrogen and oxygen atoms in total. The highest BCUT2D eigenvalue weighted by atomic mass is 16.6. The lowest BCUT2D eigenvalue weighted by molar-refractivity contribution is -0.384. The summed E-state index contributed by atoms with van der Waals surface area (Å²) in [5.41, 5.74) is -0.137. The van der Waals surface area contributed by atoms with Gasteiger partial charge < -0.3 is 19.3 Å². The molecule has 0 amide bonds. The first-order valence-corrected chi connectivity index (χ1v) is 5.82. The van der Waals surface area contributed by atoms with E-state index in [1.54, 1.807) is 0 Å². The topological polar surface area (TPSA) is 125 Å². The fourth-order valence-electron chi connectivity index (χ4n) is 1.20. The molecule has 0 aromatic heterocycles. The monoisotopic (exact) mass is 299 g/mol. The number of carbonyl (C=O) groups excluding carboxylic acids is 2. The zero-order valence-electron chi connectivity index (χ0n) is 10.9. The van der Waals surface area contributed by atoms with Crippen LogP contribution in [0, 0.1) is 10.1 Å². The molecule has 1 rings (SSSR count). The highest BCUT2D eigenvalue weighted by Gasteiger charge is 2.11. The SMILES string of the molecule is O=C(COCCO)OCC(=O)Oc1ccc([N+](=O)[O-])cc1. The van der Waals surface area contributed by atoms with Crippen LogP contribution in [0.5, 0.6) is 5.75 Å². The molecular weight excluding hydrogens is 286 g/mol. The standard InChI is InChI=1S/C12H13NO8/c14-5-6-19-7-11(15)20-8-12(16)21-10-3-1-9(2-4-10)13(17)18/h1-4,14H,5-8H2. The second kappa shape index (κ2) is 8.61. The maximum atomic E-state index is 11.4. The molecular formula is C12H13NO8. The van der Waals surface area contributed by atoms with Crippen LogP contribution in [0.2, 0.25) is 0 Å². The van der Waals surface area contributed by atoms with Crippen molar-refractivity contribution >= 4 is 17.6 Å². The quantitative estimate of drug-likeness (QED) is 0.235. The molecule has 0 bridgehead atoms. The first-order valence-electron chi connectivity index (χ1n) is 5.82. The Hall–Kier alpha value is -2.52. The van der Waals surface area contributed by atoms with Crippen LogP contribution >= 0.6 is 0 Å². The number of rotatable bonds is 8. The third-order valence-electron chi connectivity index (χ3n) is 2.09. The number of aliphatic hydroxyl groups is 1. The third-order valence-corrected chi connectivity index (χ3v) is 2.09. The smallest absolute Gasteiger partial charge is 0.349 e. The Labute approximate surface area is 119 Å². The number of ether oxygens (including phenoxy) is 3. The molecule has 1 N–H and O–H groups in total. The van der Waals surface area contributed by atoms with Gasteiger partial charge in [-0.25, -0.2) is 9.59 Å². The summed E-state index contributed by atoms with van der Waals surface area (Å²) in [7, 11) is 0. The number of nitrogens with zero attached hydrogens (tertiary/aromatic N) is 1. The molecule has 114 valence electrons. The van der Waals surface area contributed by atoms with Gasteiger partial charge in [-0.15, -0.1) is 0 Å². The van der Waals surface area contributed by atoms with Crippen molar-refractivity contribution in [3.8, 4) is 5.75 Å². The molecule has 0 saturated heterocycles. The van der Waals surface area contributed by atoms with Gasteiger partial charge in [-0.05, 0) is 12.1 Å². The van der Waals surface area contributed by atoms with Crippen LogP contribution in [0.15, 0.2) is 24.3 Å². The van der Waals surface area contributed by atoms with Gasteiger partial charge in [0.15, 0.2) is 6.61 Å². The number of carbonyl (C=O) groups is 2. The van der Waals surface area contributed by atoms with E-state index >= 15 is 0 Å². The molecule has 0 saturated carbocycles. The molecule has 0 unspecified atom stereocenters. The number of nitro groups is 1. The zero-order chi connectivity index (χ0) is 15.7. The van der Waals surface area contributed by atoms with E-state index in [4.69, 9.17) is 14.6 Å². The number of hydrogen-bond donors (Lipinski definition) is 1. The number of nitro benzene ring substituents is 1. The summed E-state index contributed by atoms with van der Waals surface area (Å²) < 4.78 is 14.1. The number of esters is 2. The van der Waals surface area contributed by atoms with Gasteiger partial charge in [-0.1, -0.05) is 0 Å². The normalized spacial score (nSPS) is 9.95. The summed E-state index contributed by atoms with van der Waals surface area (Å²) in [5, 5.41) is 18.9. The Morgan fingerprint density at radius 1 is 1.14 bits per heavy atom. The van der Waals surface area contributed by atoms with Crippen LogP contribution in [0.25, 0.3) is 0 Å². The first-order chi connectivity index (χ1) is 10.0. The number of non-ortho nitro benzene ring substituents is 1. The van der Waals surface area contributed by atoms with Gasteiger partial charge in [0.2, 0.25) is 0 Å². The average Bonchev–Trinajstić information content (AvgIpc) is 2.46. The van der Waals surface area contributed by atoms with Gasteiger partial charge in [-0.3, -0.25) is 10.1 Å². The minimum absolute atomic E-state index is 0.0116. The maximum Gasteiger partial charge on any atom is 0.349 e. The Morgan fingerprint density at radius 2 is 1.81 bits per heavy atom. The molecule has 0 aliphatic carbocycles. The van der Waals surface area contributed by atoms with E-state index in [1.165, 1.54) is 24.3 Å². The minimum atomic E-state index is -0.834. The molecule has 0 atom stereocenters. The van der Waals surface area contributed by atoms with E-state index in [-0.39, 0.29) is 31.3 Å². The maximum absolute atomic E-state index is 11.4. The lowest BCUT2D eigenvalue weighted by atomic mass is 10.3. The van der Waals surface area contributed by atoms with E-state index in [2.05, 4.69) is 4.74 Å². The van der Waals surface area contributed by atoms with Crippen molar-refractivity contribution < 1.29 is 33.8 Å². The van der Waals surface area contributed by atoms with Crippen LogP contribution in [0.1, 0.15) is 0 Å². The Balaban J connectivity index is 2.33. The number of aliphatic hydroxyl groups excluding tert-OH is 1. The van der Waals surface area contributed by atoms with Crippen LogP contribution in [0.4, 0.5) is 5.69 Å². The van der Waals surface area contributed by atoms with E-state index in [0.29, 0.717) is 0 Å². The van der Waals surface area contributed by atoms with Gasteiger partial charge in [0.25, 0.3) is 5.69 Å². The van der Waals surface area contributed by atoms with E-state index in [1.807, 2.05) is 0 Å². The largest absolute Gasteiger partial charge is 0.452 e. The van der Waals surface area contributed by atoms with Gasteiger partial charge in [0.05, 0.1) is 18.1 Å². The van der Waals surface area contributed by atoms with E-state index in [9.17, 15) is 19.7 Å². The molecule has 0 radical (unpaired) electrons. The predicted molar refractivity (Wildman–Crippen MR) is 67.6 cm³/mol. The van der Waals surface area contributed by atoms with Gasteiger partial charge in [0, 0.05) is 12.1 Å². The Kier molecular flexibility index (Phi) is 6.78. The van der Waals surface area contributed by atoms with Crippen molar-refractivity contribution in [2.45, 2.75) is 0 Å². The Morgan fingerprint density at radius 3 is 2.38 bits per heavy atom. The van der Waals surface area contributed by atoms with E-state index in [0.717, 1.165) is 0 Å². The van der Waals surface area contributed by atoms with Gasteiger partial charge in [0.1, 0.15) is 12.4 Å². The molecule has 0 spiro atoms. The second-order valence-electron chi connectivity index (χ2n) is 3.66. The predicted octanol–water partition coefficient (Wildman–Crippen LogP) is 0.0523. The summed E-state index contributed by atoms with van der Waals surface area (Å²) in [4.78, 5) is 32.3. The van der Waals surface area contributed by atoms with E-state index < -0.39 is 23.5 Å².